The molecule has 2 atom stereocenters. The Bertz CT molecular complexity index is 399. The van der Waals surface area contributed by atoms with Crippen molar-refractivity contribution < 1.29 is 27.5 Å². The Labute approximate surface area is 120 Å². The third-order valence-electron chi connectivity index (χ3n) is 3.34. The van der Waals surface area contributed by atoms with Gasteiger partial charge in [0.15, 0.2) is 5.54 Å². The summed E-state index contributed by atoms with van der Waals surface area (Å²) in [5.74, 6) is -1.19. The summed E-state index contributed by atoms with van der Waals surface area (Å²) in [7, 11) is 0. The van der Waals surface area contributed by atoms with Gasteiger partial charge in [0.05, 0.1) is 6.61 Å². The van der Waals surface area contributed by atoms with E-state index in [2.05, 4.69) is 5.32 Å². The molecule has 0 radical (unpaired) electrons. The molecule has 122 valence electrons. The van der Waals surface area contributed by atoms with Gasteiger partial charge in [0, 0.05) is 19.1 Å². The average molecular weight is 311 g/mol. The summed E-state index contributed by atoms with van der Waals surface area (Å²) < 4.78 is 43.1. The summed E-state index contributed by atoms with van der Waals surface area (Å²) in [5.41, 5.74) is 2.20. The average Bonchev–Trinajstić information content (AvgIpc) is 2.37. The van der Waals surface area contributed by atoms with E-state index in [0.717, 1.165) is 4.90 Å². The van der Waals surface area contributed by atoms with Gasteiger partial charge in [0.2, 0.25) is 0 Å². The number of ether oxygens (including phenoxy) is 1. The first-order valence-electron chi connectivity index (χ1n) is 6.68. The summed E-state index contributed by atoms with van der Waals surface area (Å²) in [6.07, 6.45) is -4.43. The summed E-state index contributed by atoms with van der Waals surface area (Å²) >= 11 is 0. The zero-order chi connectivity index (χ0) is 16.3. The predicted molar refractivity (Wildman–Crippen MR) is 68.4 cm³/mol. The van der Waals surface area contributed by atoms with Crippen LogP contribution < -0.4 is 11.1 Å². The van der Waals surface area contributed by atoms with Crippen LogP contribution in [0.15, 0.2) is 0 Å². The number of carbonyl (C=O) groups is 2. The highest BCUT2D eigenvalue weighted by atomic mass is 19.4. The van der Waals surface area contributed by atoms with Crippen molar-refractivity contribution in [2.75, 3.05) is 19.7 Å². The van der Waals surface area contributed by atoms with Gasteiger partial charge in [-0.25, -0.2) is 4.79 Å². The minimum absolute atomic E-state index is 0.0134. The van der Waals surface area contributed by atoms with E-state index in [1.165, 1.54) is 0 Å². The van der Waals surface area contributed by atoms with Gasteiger partial charge in [0.1, 0.15) is 0 Å². The van der Waals surface area contributed by atoms with Crippen molar-refractivity contribution in [2.24, 2.45) is 5.73 Å². The Kier molecular flexibility index (Phi) is 5.43. The largest absolute Gasteiger partial charge is 0.450 e. The molecule has 2 unspecified atom stereocenters. The second kappa shape index (κ2) is 6.50. The molecule has 9 heteroatoms. The van der Waals surface area contributed by atoms with Crippen molar-refractivity contribution in [3.05, 3.63) is 0 Å². The second-order valence-corrected chi connectivity index (χ2v) is 5.16. The molecule has 6 nitrogen and oxygen atoms in total. The number of amides is 2. The highest BCUT2D eigenvalue weighted by Gasteiger charge is 2.55. The van der Waals surface area contributed by atoms with Crippen LogP contribution in [0.5, 0.6) is 0 Å². The quantitative estimate of drug-likeness (QED) is 0.814. The monoisotopic (exact) mass is 311 g/mol. The Morgan fingerprint density at radius 2 is 2.05 bits per heavy atom. The molecule has 0 aromatic heterocycles. The molecule has 21 heavy (non-hydrogen) atoms. The van der Waals surface area contributed by atoms with Crippen LogP contribution in [-0.2, 0) is 9.53 Å². The van der Waals surface area contributed by atoms with Gasteiger partial charge in [-0.05, 0) is 26.7 Å². The smallest absolute Gasteiger partial charge is 0.415 e. The lowest BCUT2D eigenvalue weighted by Crippen LogP contribution is -2.64. The zero-order valence-corrected chi connectivity index (χ0v) is 12.0. The number of hydrogen-bond donors (Lipinski definition) is 2. The zero-order valence-electron chi connectivity index (χ0n) is 12.0. The number of halogens is 3. The SMILES string of the molecule is CCOC(=O)NC1CCCN(C(=O)C(C)(N)C(F)(F)F)C1. The molecule has 1 heterocycles. The molecule has 1 rings (SSSR count). The van der Waals surface area contributed by atoms with Gasteiger partial charge in [-0.1, -0.05) is 0 Å². The molecular weight excluding hydrogens is 291 g/mol. The molecule has 0 bridgehead atoms. The molecule has 1 aliphatic rings. The number of nitrogens with two attached hydrogens (primary N) is 1. The molecule has 2 amide bonds. The van der Waals surface area contributed by atoms with Crippen LogP contribution in [0.4, 0.5) is 18.0 Å². The van der Waals surface area contributed by atoms with E-state index in [4.69, 9.17) is 10.5 Å². The van der Waals surface area contributed by atoms with Crippen LogP contribution in [0.2, 0.25) is 0 Å². The van der Waals surface area contributed by atoms with E-state index in [1.54, 1.807) is 6.92 Å². The predicted octanol–water partition coefficient (Wildman–Crippen LogP) is 1.00. The van der Waals surface area contributed by atoms with Gasteiger partial charge >= 0.3 is 12.3 Å². The molecule has 0 aromatic rings. The Balaban J connectivity index is 2.68. The van der Waals surface area contributed by atoms with Crippen LogP contribution in [0, 0.1) is 0 Å². The van der Waals surface area contributed by atoms with E-state index in [9.17, 15) is 22.8 Å². The maximum atomic E-state index is 12.8. The number of nitrogens with one attached hydrogen (secondary N) is 1. The highest BCUT2D eigenvalue weighted by molar-refractivity contribution is 5.87. The fourth-order valence-electron chi connectivity index (χ4n) is 2.07. The van der Waals surface area contributed by atoms with E-state index >= 15 is 0 Å². The normalized spacial score (nSPS) is 22.4. The first-order chi connectivity index (χ1) is 9.59. The topological polar surface area (TPSA) is 84.7 Å². The number of rotatable bonds is 3. The number of alkyl carbamates (subject to hydrolysis) is 1. The van der Waals surface area contributed by atoms with Crippen LogP contribution in [0.25, 0.3) is 0 Å². The Morgan fingerprint density at radius 1 is 1.43 bits per heavy atom. The van der Waals surface area contributed by atoms with Crippen molar-refractivity contribution >= 4 is 12.0 Å². The minimum Gasteiger partial charge on any atom is -0.450 e. The van der Waals surface area contributed by atoms with E-state index in [-0.39, 0.29) is 19.7 Å². The number of alkyl halides is 3. The fourth-order valence-corrected chi connectivity index (χ4v) is 2.07. The Hall–Kier alpha value is -1.51. The number of carbonyl (C=O) groups excluding carboxylic acids is 2. The third-order valence-corrected chi connectivity index (χ3v) is 3.34. The third kappa shape index (κ3) is 4.23. The van der Waals surface area contributed by atoms with Crippen LogP contribution >= 0.6 is 0 Å². The van der Waals surface area contributed by atoms with Crippen molar-refractivity contribution in [2.45, 2.75) is 44.4 Å². The van der Waals surface area contributed by atoms with Crippen LogP contribution in [0.1, 0.15) is 26.7 Å². The van der Waals surface area contributed by atoms with E-state index in [1.807, 2.05) is 0 Å². The van der Waals surface area contributed by atoms with E-state index in [0.29, 0.717) is 19.8 Å². The van der Waals surface area contributed by atoms with Crippen LogP contribution in [0.3, 0.4) is 0 Å². The van der Waals surface area contributed by atoms with Crippen LogP contribution in [-0.4, -0.2) is 54.4 Å². The maximum absolute atomic E-state index is 12.8. The van der Waals surface area contributed by atoms with Gasteiger partial charge in [-0.2, -0.15) is 13.2 Å². The summed E-state index contributed by atoms with van der Waals surface area (Å²) in [6.45, 7) is 2.65. The number of piperidine rings is 1. The minimum atomic E-state index is -4.83. The van der Waals surface area contributed by atoms with Crippen molar-refractivity contribution in [1.29, 1.82) is 0 Å². The molecule has 0 aromatic carbocycles. The van der Waals surface area contributed by atoms with Gasteiger partial charge in [0.25, 0.3) is 5.91 Å². The van der Waals surface area contributed by atoms with Crippen molar-refractivity contribution in [3.63, 3.8) is 0 Å². The molecule has 3 N–H and O–H groups in total. The lowest BCUT2D eigenvalue weighted by molar-refractivity contribution is -0.194. The molecular formula is C12H20F3N3O3. The molecule has 1 aliphatic heterocycles. The number of hydrogen-bond acceptors (Lipinski definition) is 4. The van der Waals surface area contributed by atoms with Crippen molar-refractivity contribution in [3.8, 4) is 0 Å². The maximum Gasteiger partial charge on any atom is 0.415 e. The Morgan fingerprint density at radius 3 is 2.57 bits per heavy atom. The van der Waals surface area contributed by atoms with Gasteiger partial charge in [-0.15, -0.1) is 0 Å². The molecule has 0 aliphatic carbocycles. The summed E-state index contributed by atoms with van der Waals surface area (Å²) in [5, 5.41) is 2.52. The second-order valence-electron chi connectivity index (χ2n) is 5.16. The summed E-state index contributed by atoms with van der Waals surface area (Å²) in [4.78, 5) is 24.3. The first kappa shape index (κ1) is 17.5. The van der Waals surface area contributed by atoms with Gasteiger partial charge < -0.3 is 20.7 Å². The number of nitrogens with zero attached hydrogens (tertiary/aromatic N) is 1. The molecule has 0 saturated carbocycles. The van der Waals surface area contributed by atoms with Gasteiger partial charge in [-0.3, -0.25) is 4.79 Å². The molecule has 0 spiro atoms. The van der Waals surface area contributed by atoms with Crippen molar-refractivity contribution in [1.82, 2.24) is 10.2 Å². The first-order valence-corrected chi connectivity index (χ1v) is 6.68. The fraction of sp³-hybridized carbons (Fsp3) is 0.833. The van der Waals surface area contributed by atoms with E-state index < -0.39 is 29.8 Å². The number of likely N-dealkylation sites (tertiary alicyclic amines) is 1. The molecule has 1 saturated heterocycles. The lowest BCUT2D eigenvalue weighted by atomic mass is 9.98. The summed E-state index contributed by atoms with van der Waals surface area (Å²) in [6, 6.07) is -0.439. The lowest BCUT2D eigenvalue weighted by Gasteiger charge is -2.38. The standard InChI is InChI=1S/C12H20F3N3O3/c1-3-21-10(20)17-8-5-4-6-18(7-8)9(19)11(2,16)12(13,14)15/h8H,3-7,16H2,1-2H3,(H,17,20). The molecule has 1 fully saturated rings. The highest BCUT2D eigenvalue weighted by Crippen LogP contribution is 2.30.